The molecular formula is C15H23NO3. The molecule has 4 nitrogen and oxygen atoms in total. The summed E-state index contributed by atoms with van der Waals surface area (Å²) in [5.41, 5.74) is 0.642. The minimum Gasteiger partial charge on any atom is -0.508 e. The maximum absolute atomic E-state index is 11.9. The molecule has 0 aliphatic rings. The normalized spacial score (nSPS) is 13.7. The first-order valence-corrected chi connectivity index (χ1v) is 6.71. The van der Waals surface area contributed by atoms with E-state index in [0.717, 1.165) is 12.8 Å². The van der Waals surface area contributed by atoms with Crippen LogP contribution in [0.25, 0.3) is 0 Å². The van der Waals surface area contributed by atoms with Crippen LogP contribution in [0.15, 0.2) is 18.2 Å². The topological polar surface area (TPSA) is 58.6 Å². The number of rotatable bonds is 6. The minimum absolute atomic E-state index is 0.135. The predicted octanol–water partition coefficient (Wildman–Crippen LogP) is 2.77. The number of carbonyl (C=O) groups excluding carboxylic acids is 1. The Kier molecular flexibility index (Phi) is 5.67. The van der Waals surface area contributed by atoms with Gasteiger partial charge in [0.05, 0.1) is 0 Å². The Morgan fingerprint density at radius 1 is 1.42 bits per heavy atom. The summed E-state index contributed by atoms with van der Waals surface area (Å²) in [4.78, 5) is 11.9. The van der Waals surface area contributed by atoms with Gasteiger partial charge in [0.2, 0.25) is 0 Å². The van der Waals surface area contributed by atoms with Gasteiger partial charge in [-0.15, -0.1) is 0 Å². The van der Waals surface area contributed by atoms with Crippen molar-refractivity contribution in [1.29, 1.82) is 0 Å². The lowest BCUT2D eigenvalue weighted by atomic mass is 10.2. The van der Waals surface area contributed by atoms with E-state index in [9.17, 15) is 9.90 Å². The summed E-state index contributed by atoms with van der Waals surface area (Å²) in [6.45, 7) is 7.53. The van der Waals surface area contributed by atoms with Gasteiger partial charge in [-0.2, -0.15) is 0 Å². The lowest BCUT2D eigenvalue weighted by Gasteiger charge is -2.19. The van der Waals surface area contributed by atoms with Gasteiger partial charge in [0, 0.05) is 11.6 Å². The molecule has 0 radical (unpaired) electrons. The van der Waals surface area contributed by atoms with Gasteiger partial charge in [0.1, 0.15) is 11.5 Å². The van der Waals surface area contributed by atoms with E-state index in [1.165, 1.54) is 0 Å². The van der Waals surface area contributed by atoms with Crippen molar-refractivity contribution in [3.63, 3.8) is 0 Å². The third-order valence-corrected chi connectivity index (χ3v) is 3.04. The Labute approximate surface area is 114 Å². The Morgan fingerprint density at radius 2 is 2.11 bits per heavy atom. The molecule has 2 unspecified atom stereocenters. The van der Waals surface area contributed by atoms with Crippen molar-refractivity contribution in [1.82, 2.24) is 5.32 Å². The first-order valence-electron chi connectivity index (χ1n) is 6.71. The van der Waals surface area contributed by atoms with Crippen LogP contribution in [-0.4, -0.2) is 23.2 Å². The summed E-state index contributed by atoms with van der Waals surface area (Å²) in [6, 6.07) is 5.18. The summed E-state index contributed by atoms with van der Waals surface area (Å²) in [6.07, 6.45) is 1.39. The summed E-state index contributed by atoms with van der Waals surface area (Å²) in [5.74, 6) is 0.568. The highest BCUT2D eigenvalue weighted by atomic mass is 16.5. The molecule has 4 heteroatoms. The van der Waals surface area contributed by atoms with Gasteiger partial charge >= 0.3 is 0 Å². The number of benzene rings is 1. The summed E-state index contributed by atoms with van der Waals surface area (Å²) >= 11 is 0. The molecule has 0 saturated carbocycles. The quantitative estimate of drug-likeness (QED) is 0.831. The summed E-state index contributed by atoms with van der Waals surface area (Å²) in [7, 11) is 0. The molecule has 1 rings (SSSR count). The number of aromatic hydroxyl groups is 1. The zero-order valence-electron chi connectivity index (χ0n) is 12.1. The third kappa shape index (κ3) is 4.47. The number of hydrogen-bond acceptors (Lipinski definition) is 3. The van der Waals surface area contributed by atoms with Gasteiger partial charge in [0.15, 0.2) is 6.10 Å². The van der Waals surface area contributed by atoms with Crippen molar-refractivity contribution in [2.75, 3.05) is 0 Å². The average molecular weight is 265 g/mol. The number of carbonyl (C=O) groups is 1. The van der Waals surface area contributed by atoms with Crippen LogP contribution in [0, 0.1) is 6.92 Å². The Morgan fingerprint density at radius 3 is 2.74 bits per heavy atom. The molecule has 0 fully saturated rings. The number of hydrogen-bond donors (Lipinski definition) is 2. The molecule has 19 heavy (non-hydrogen) atoms. The fraction of sp³-hybridized carbons (Fsp3) is 0.533. The van der Waals surface area contributed by atoms with E-state index in [1.807, 2.05) is 6.92 Å². The van der Waals surface area contributed by atoms with Crippen LogP contribution >= 0.6 is 0 Å². The van der Waals surface area contributed by atoms with Crippen LogP contribution in [0.1, 0.15) is 39.2 Å². The first-order chi connectivity index (χ1) is 8.95. The predicted molar refractivity (Wildman–Crippen MR) is 75.4 cm³/mol. The third-order valence-electron chi connectivity index (χ3n) is 3.04. The smallest absolute Gasteiger partial charge is 0.260 e. The molecule has 0 bridgehead atoms. The molecule has 0 aromatic heterocycles. The van der Waals surface area contributed by atoms with Crippen molar-refractivity contribution in [3.8, 4) is 11.5 Å². The zero-order valence-corrected chi connectivity index (χ0v) is 12.1. The molecule has 0 spiro atoms. The largest absolute Gasteiger partial charge is 0.508 e. The second-order valence-electron chi connectivity index (χ2n) is 4.86. The maximum atomic E-state index is 11.9. The Bertz CT molecular complexity index is 431. The minimum atomic E-state index is -0.584. The van der Waals surface area contributed by atoms with E-state index in [0.29, 0.717) is 11.3 Å². The molecule has 1 aromatic rings. The molecule has 0 heterocycles. The molecule has 106 valence electrons. The lowest BCUT2D eigenvalue weighted by molar-refractivity contribution is -0.127. The van der Waals surface area contributed by atoms with Crippen molar-refractivity contribution in [2.45, 2.75) is 52.7 Å². The number of nitrogens with one attached hydrogen (secondary N) is 1. The maximum Gasteiger partial charge on any atom is 0.260 e. The fourth-order valence-electron chi connectivity index (χ4n) is 1.84. The van der Waals surface area contributed by atoms with Crippen LogP contribution < -0.4 is 10.1 Å². The van der Waals surface area contributed by atoms with E-state index in [1.54, 1.807) is 32.0 Å². The van der Waals surface area contributed by atoms with Crippen LogP contribution in [0.5, 0.6) is 11.5 Å². The average Bonchev–Trinajstić information content (AvgIpc) is 2.35. The van der Waals surface area contributed by atoms with E-state index in [-0.39, 0.29) is 17.7 Å². The van der Waals surface area contributed by atoms with Gasteiger partial charge in [-0.05, 0) is 39.3 Å². The zero-order chi connectivity index (χ0) is 14.4. The van der Waals surface area contributed by atoms with Gasteiger partial charge in [-0.3, -0.25) is 4.79 Å². The van der Waals surface area contributed by atoms with Crippen LogP contribution in [0.2, 0.25) is 0 Å². The first kappa shape index (κ1) is 15.3. The molecule has 2 atom stereocenters. The number of phenolic OH excluding ortho intramolecular Hbond substituents is 1. The number of phenols is 1. The van der Waals surface area contributed by atoms with E-state index in [4.69, 9.17) is 4.74 Å². The number of ether oxygens (including phenoxy) is 1. The van der Waals surface area contributed by atoms with E-state index < -0.39 is 6.10 Å². The summed E-state index contributed by atoms with van der Waals surface area (Å²) < 4.78 is 5.59. The summed E-state index contributed by atoms with van der Waals surface area (Å²) in [5, 5.41) is 12.5. The second kappa shape index (κ2) is 7.02. The van der Waals surface area contributed by atoms with Gasteiger partial charge in [-0.1, -0.05) is 19.4 Å². The van der Waals surface area contributed by atoms with Crippen molar-refractivity contribution in [3.05, 3.63) is 23.8 Å². The fourth-order valence-corrected chi connectivity index (χ4v) is 1.84. The highest BCUT2D eigenvalue weighted by Gasteiger charge is 2.17. The molecule has 0 aliphatic heterocycles. The van der Waals surface area contributed by atoms with Gasteiger partial charge < -0.3 is 15.2 Å². The van der Waals surface area contributed by atoms with E-state index in [2.05, 4.69) is 12.2 Å². The molecule has 1 aromatic carbocycles. The molecule has 2 N–H and O–H groups in total. The van der Waals surface area contributed by atoms with Crippen molar-refractivity contribution >= 4 is 5.91 Å². The van der Waals surface area contributed by atoms with Gasteiger partial charge in [0.25, 0.3) is 5.91 Å². The van der Waals surface area contributed by atoms with Crippen LogP contribution in [0.4, 0.5) is 0 Å². The van der Waals surface area contributed by atoms with E-state index >= 15 is 0 Å². The molecule has 1 amide bonds. The number of amides is 1. The molecule has 0 aliphatic carbocycles. The standard InChI is InChI=1S/C15H23NO3/c1-5-7-10(2)16-15(18)12(4)19-14-9-6-8-13(17)11(14)3/h6,8-10,12,17H,5,7H2,1-4H3,(H,16,18). The van der Waals surface area contributed by atoms with Crippen LogP contribution in [-0.2, 0) is 4.79 Å². The van der Waals surface area contributed by atoms with Crippen molar-refractivity contribution in [2.24, 2.45) is 0 Å². The molecular weight excluding hydrogens is 242 g/mol. The van der Waals surface area contributed by atoms with Gasteiger partial charge in [-0.25, -0.2) is 0 Å². The lowest BCUT2D eigenvalue weighted by Crippen LogP contribution is -2.41. The Hall–Kier alpha value is -1.71. The van der Waals surface area contributed by atoms with Crippen molar-refractivity contribution < 1.29 is 14.6 Å². The molecule has 0 saturated heterocycles. The second-order valence-corrected chi connectivity index (χ2v) is 4.86. The highest BCUT2D eigenvalue weighted by Crippen LogP contribution is 2.26. The highest BCUT2D eigenvalue weighted by molar-refractivity contribution is 5.81. The monoisotopic (exact) mass is 265 g/mol. The Balaban J connectivity index is 2.61. The van der Waals surface area contributed by atoms with Crippen LogP contribution in [0.3, 0.4) is 0 Å². The SMILES string of the molecule is CCCC(C)NC(=O)C(C)Oc1cccc(O)c1C.